The van der Waals surface area contributed by atoms with E-state index in [1.54, 1.807) is 0 Å². The van der Waals surface area contributed by atoms with E-state index in [2.05, 4.69) is 4.98 Å². The molecule has 254 valence electrons. The molecule has 0 N–H and O–H groups in total. The zero-order valence-electron chi connectivity index (χ0n) is 48.4. The highest BCUT2D eigenvalue weighted by molar-refractivity contribution is 7.98. The average molecular weight is 704 g/mol. The minimum atomic E-state index is -5.28. The summed E-state index contributed by atoms with van der Waals surface area (Å²) >= 11 is 0.185. The highest BCUT2D eigenvalue weighted by Gasteiger charge is 2.32. The monoisotopic (exact) mass is 703 g/mol. The summed E-state index contributed by atoms with van der Waals surface area (Å²) < 4.78 is 256. The molecule has 1 aliphatic carbocycles. The van der Waals surface area contributed by atoms with Crippen molar-refractivity contribution in [2.45, 2.75) is 70.0 Å². The van der Waals surface area contributed by atoms with E-state index in [1.165, 1.54) is 13.8 Å². The third-order valence-electron chi connectivity index (χ3n) is 6.52. The second-order valence-electron chi connectivity index (χ2n) is 9.70. The van der Waals surface area contributed by atoms with Crippen LogP contribution in [0, 0.1) is 12.7 Å². The Kier molecular flexibility index (Phi) is 5.22. The molecule has 6 nitrogen and oxygen atoms in total. The summed E-state index contributed by atoms with van der Waals surface area (Å²) in [6.07, 6.45) is -16.3. The van der Waals surface area contributed by atoms with Gasteiger partial charge in [-0.2, -0.15) is 18.2 Å². The van der Waals surface area contributed by atoms with Gasteiger partial charge in [0.15, 0.2) is 5.16 Å². The van der Waals surface area contributed by atoms with Crippen LogP contribution in [0.15, 0.2) is 76.4 Å². The first-order valence-electron chi connectivity index (χ1n) is 25.5. The van der Waals surface area contributed by atoms with E-state index in [9.17, 15) is 27.8 Å². The summed E-state index contributed by atoms with van der Waals surface area (Å²) in [5.74, 6) is -4.46. The lowest BCUT2D eigenvalue weighted by molar-refractivity contribution is -0.138. The number of hydrogen-bond donors (Lipinski definition) is 0. The average Bonchev–Trinajstić information content (AvgIpc) is 3.35. The molecule has 0 saturated carbocycles. The third-order valence-corrected chi connectivity index (χ3v) is 7.52. The van der Waals surface area contributed by atoms with E-state index in [4.69, 9.17) is 26.0 Å². The van der Waals surface area contributed by atoms with E-state index in [0.717, 1.165) is 11.8 Å². The van der Waals surface area contributed by atoms with Gasteiger partial charge in [0.05, 0.1) is 26.1 Å². The molecular formula is C37H40F4N4O2S. The van der Waals surface area contributed by atoms with Crippen LogP contribution in [0.2, 0.25) is 0 Å². The van der Waals surface area contributed by atoms with Crippen LogP contribution in [-0.2, 0) is 42.5 Å². The number of nitrogens with zero attached hydrogens (tertiary/aromatic N) is 4. The van der Waals surface area contributed by atoms with Gasteiger partial charge in [-0.15, -0.1) is 0 Å². The van der Waals surface area contributed by atoms with Gasteiger partial charge >= 0.3 is 6.18 Å². The number of aromatic nitrogens is 2. The van der Waals surface area contributed by atoms with Gasteiger partial charge in [-0.1, -0.05) is 73.9 Å². The lowest BCUT2D eigenvalue weighted by Gasteiger charge is -2.28. The van der Waals surface area contributed by atoms with Crippen molar-refractivity contribution in [3.63, 3.8) is 0 Å². The second-order valence-corrected chi connectivity index (χ2v) is 10.6. The highest BCUT2D eigenvalue weighted by Crippen LogP contribution is 2.34. The van der Waals surface area contributed by atoms with E-state index < -0.39 is 196 Å². The van der Waals surface area contributed by atoms with Gasteiger partial charge in [0, 0.05) is 47.5 Å². The summed E-state index contributed by atoms with van der Waals surface area (Å²) in [6, 6.07) is -14.2. The van der Waals surface area contributed by atoms with Gasteiger partial charge in [-0.3, -0.25) is 9.59 Å². The fourth-order valence-electron chi connectivity index (χ4n) is 4.09. The van der Waals surface area contributed by atoms with E-state index in [0.29, 0.717) is 0 Å². The van der Waals surface area contributed by atoms with Crippen molar-refractivity contribution in [2.75, 3.05) is 26.1 Å². The molecule has 0 spiro atoms. The van der Waals surface area contributed by atoms with Crippen molar-refractivity contribution in [1.29, 1.82) is 0 Å². The first-order valence-corrected chi connectivity index (χ1v) is 15.0. The summed E-state index contributed by atoms with van der Waals surface area (Å²) in [5, 5.41) is -0.944. The van der Waals surface area contributed by atoms with Gasteiger partial charge in [0.25, 0.3) is 5.56 Å². The number of alkyl halides is 3. The Labute approximate surface area is 315 Å². The molecule has 1 heterocycles. The second kappa shape index (κ2) is 15.5. The standard InChI is InChI=1S/C37H40F4N4O2S/c1-4-43(5-2)19-20-44(22-26-9-13-28(14-10-26)29-15-18-32(25(3)21-29)37(39,40)41)34(46)23-45-33-8-6-7-31(33)35(47)42-36(45)48-24-27-11-16-30(38)17-12-27/h9-18,21H,4-8,19-20,22-24H2,1-3H3/i6D2,7D2,8D2,9D,10D,11D,12D,13D,14D,15D,16D,17D,18D,19D2,20D2,21D,22D2. The molecule has 11 heteroatoms. The molecule has 0 radical (unpaired) electrons. The SMILES string of the molecule is [2H]c1c([2H])c(CSc2nc(=O)c3c(n2CC(=O)N(C([2H])([2H])c2c([2H])c([2H])c(-c4c([2H])c([2H])c(C(F)(F)F)c(C)c4[2H])c([2H])c2[2H])C([2H])([2H])C([2H])([2H])N(CC)CC)C([2H])([2H])C([2H])([2H])C3([2H])[2H])c([2H])c([2H])c1F. The molecule has 1 amide bonds. The lowest BCUT2D eigenvalue weighted by Crippen LogP contribution is -2.40. The number of hydrogen-bond acceptors (Lipinski definition) is 5. The molecule has 4 aromatic rings. The minimum absolute atomic E-state index is 0.185. The van der Waals surface area contributed by atoms with Crippen LogP contribution in [0.4, 0.5) is 17.6 Å². The van der Waals surface area contributed by atoms with Crippen LogP contribution in [0.3, 0.4) is 0 Å². The molecule has 48 heavy (non-hydrogen) atoms. The van der Waals surface area contributed by atoms with Crippen LogP contribution in [0.1, 0.15) is 85.3 Å². The third kappa shape index (κ3) is 8.54. The summed E-state index contributed by atoms with van der Waals surface area (Å²) in [5.41, 5.74) is -11.3. The Morgan fingerprint density at radius 3 is 2.33 bits per heavy atom. The van der Waals surface area contributed by atoms with Gasteiger partial charge in [0.2, 0.25) is 5.91 Å². The number of carbonyl (C=O) groups is 1. The molecule has 1 aliphatic rings. The van der Waals surface area contributed by atoms with Crippen LogP contribution in [-0.4, -0.2) is 51.3 Å². The Balaban J connectivity index is 1.87. The number of likely N-dealkylation sites (N-methyl/N-ethyl adjacent to an activating group) is 1. The molecular weight excluding hydrogens is 640 g/mol. The highest BCUT2D eigenvalue weighted by atomic mass is 32.2. The van der Waals surface area contributed by atoms with E-state index in [1.807, 2.05) is 0 Å². The molecule has 1 aromatic heterocycles. The fourth-order valence-corrected chi connectivity index (χ4v) is 4.97. The largest absolute Gasteiger partial charge is 0.416 e. The Morgan fingerprint density at radius 2 is 1.67 bits per heavy atom. The molecule has 0 unspecified atom stereocenters. The summed E-state index contributed by atoms with van der Waals surface area (Å²) in [4.78, 5) is 32.7. The van der Waals surface area contributed by atoms with Crippen LogP contribution in [0.5, 0.6) is 0 Å². The Bertz CT molecular complexity index is 2860. The molecule has 5 rings (SSSR count). The number of amides is 1. The maximum absolute atomic E-state index is 15.1. The molecule has 0 fully saturated rings. The summed E-state index contributed by atoms with van der Waals surface area (Å²) in [7, 11) is 0. The smallest absolute Gasteiger partial charge is 0.336 e. The van der Waals surface area contributed by atoms with Crippen molar-refractivity contribution in [3.05, 3.63) is 116 Å². The van der Waals surface area contributed by atoms with Crippen molar-refractivity contribution in [2.24, 2.45) is 0 Å². The zero-order chi connectivity index (χ0) is 54.8. The van der Waals surface area contributed by atoms with Crippen LogP contribution >= 0.6 is 11.8 Å². The quantitative estimate of drug-likeness (QED) is 0.0819. The van der Waals surface area contributed by atoms with Gasteiger partial charge in [-0.05, 0) is 85.1 Å². The Morgan fingerprint density at radius 1 is 1.00 bits per heavy atom. The van der Waals surface area contributed by atoms with Gasteiger partial charge < -0.3 is 14.4 Å². The number of carbonyl (C=O) groups excluding carboxylic acids is 1. The molecule has 0 atom stereocenters. The van der Waals surface area contributed by atoms with Gasteiger partial charge in [-0.25, -0.2) is 4.39 Å². The van der Waals surface area contributed by atoms with Crippen molar-refractivity contribution < 1.29 is 53.9 Å². The molecule has 3 aromatic carbocycles. The normalized spacial score (nSPS) is 23.8. The lowest BCUT2D eigenvalue weighted by atomic mass is 9.98. The summed E-state index contributed by atoms with van der Waals surface area (Å²) in [6.45, 7) is -10.9. The van der Waals surface area contributed by atoms with E-state index >= 15 is 4.79 Å². The van der Waals surface area contributed by atoms with Crippen molar-refractivity contribution in [3.8, 4) is 11.1 Å². The first kappa shape index (κ1) is 16.2. The predicted molar refractivity (Wildman–Crippen MR) is 181 cm³/mol. The number of rotatable bonds is 13. The number of fused-ring (bicyclic) bond motifs is 1. The maximum atomic E-state index is 15.1. The van der Waals surface area contributed by atoms with Crippen molar-refractivity contribution in [1.82, 2.24) is 19.4 Å². The number of halogens is 4. The molecule has 0 aliphatic heterocycles. The van der Waals surface area contributed by atoms with Crippen LogP contribution < -0.4 is 5.56 Å². The van der Waals surface area contributed by atoms with Crippen molar-refractivity contribution >= 4 is 17.7 Å². The number of thioether (sulfide) groups is 1. The first-order chi connectivity index (χ1) is 32.1. The zero-order valence-corrected chi connectivity index (χ0v) is 26.2. The van der Waals surface area contributed by atoms with Gasteiger partial charge in [0.1, 0.15) is 12.4 Å². The molecule has 0 saturated heterocycles. The minimum Gasteiger partial charge on any atom is -0.336 e. The topological polar surface area (TPSA) is 58.4 Å². The fraction of sp³-hybridized carbons (Fsp3) is 0.378. The van der Waals surface area contributed by atoms with Crippen LogP contribution in [0.25, 0.3) is 11.1 Å². The predicted octanol–water partition coefficient (Wildman–Crippen LogP) is 7.53. The maximum Gasteiger partial charge on any atom is 0.416 e. The molecule has 0 bridgehead atoms. The van der Waals surface area contributed by atoms with E-state index in [-0.39, 0.29) is 29.4 Å². The Hall–Kier alpha value is -3.96. The number of benzene rings is 3.